The van der Waals surface area contributed by atoms with Crippen LogP contribution in [-0.4, -0.2) is 6.54 Å². The van der Waals surface area contributed by atoms with Crippen LogP contribution in [0.1, 0.15) is 69.2 Å². The first-order valence-corrected chi connectivity index (χ1v) is 7.94. The third-order valence-electron chi connectivity index (χ3n) is 4.12. The van der Waals surface area contributed by atoms with Gasteiger partial charge in [0.05, 0.1) is 0 Å². The van der Waals surface area contributed by atoms with Gasteiger partial charge in [-0.1, -0.05) is 63.8 Å². The number of nitrogens with one attached hydrogen (secondary N) is 1. The quantitative estimate of drug-likeness (QED) is 0.680. The minimum Gasteiger partial charge on any atom is -0.310 e. The van der Waals surface area contributed by atoms with E-state index in [2.05, 4.69) is 58.1 Å². The Morgan fingerprint density at radius 2 is 1.84 bits per heavy atom. The Kier molecular flexibility index (Phi) is 7.15. The van der Waals surface area contributed by atoms with Crippen molar-refractivity contribution in [2.45, 2.75) is 66.3 Å². The van der Waals surface area contributed by atoms with Crippen molar-refractivity contribution in [2.75, 3.05) is 6.54 Å². The summed E-state index contributed by atoms with van der Waals surface area (Å²) in [4.78, 5) is 0. The molecule has 0 aliphatic carbocycles. The molecule has 0 spiro atoms. The summed E-state index contributed by atoms with van der Waals surface area (Å²) in [6, 6.07) is 7.37. The Hall–Kier alpha value is -0.820. The maximum Gasteiger partial charge on any atom is 0.0351 e. The molecule has 0 aliphatic rings. The normalized spacial score (nSPS) is 14.4. The molecule has 1 aromatic carbocycles. The number of unbranched alkanes of at least 4 members (excludes halogenated alkanes) is 1. The summed E-state index contributed by atoms with van der Waals surface area (Å²) in [6.45, 7) is 12.3. The molecule has 0 aromatic heterocycles. The van der Waals surface area contributed by atoms with E-state index in [0.717, 1.165) is 12.5 Å². The zero-order valence-corrected chi connectivity index (χ0v) is 13.4. The molecule has 19 heavy (non-hydrogen) atoms. The first-order valence-electron chi connectivity index (χ1n) is 7.94. The molecular formula is C18H31N. The third-order valence-corrected chi connectivity index (χ3v) is 4.12. The number of aryl methyl sites for hydroxylation is 2. The lowest BCUT2D eigenvalue weighted by atomic mass is 9.84. The Morgan fingerprint density at radius 1 is 1.11 bits per heavy atom. The van der Waals surface area contributed by atoms with Gasteiger partial charge in [-0.2, -0.15) is 0 Å². The van der Waals surface area contributed by atoms with E-state index in [9.17, 15) is 0 Å². The van der Waals surface area contributed by atoms with E-state index in [1.54, 1.807) is 0 Å². The van der Waals surface area contributed by atoms with Gasteiger partial charge in [-0.3, -0.25) is 0 Å². The van der Waals surface area contributed by atoms with Gasteiger partial charge < -0.3 is 5.32 Å². The molecule has 0 radical (unpaired) electrons. The molecular weight excluding hydrogens is 230 g/mol. The maximum absolute atomic E-state index is 3.73. The lowest BCUT2D eigenvalue weighted by Crippen LogP contribution is -2.28. The van der Waals surface area contributed by atoms with Gasteiger partial charge in [-0.05, 0) is 43.9 Å². The monoisotopic (exact) mass is 261 g/mol. The van der Waals surface area contributed by atoms with Gasteiger partial charge in [-0.15, -0.1) is 0 Å². The Morgan fingerprint density at radius 3 is 2.42 bits per heavy atom. The molecule has 1 N–H and O–H groups in total. The molecule has 1 rings (SSSR count). The Labute approximate surface area is 119 Å². The molecule has 108 valence electrons. The largest absolute Gasteiger partial charge is 0.310 e. The van der Waals surface area contributed by atoms with Gasteiger partial charge in [0.2, 0.25) is 0 Å². The highest BCUT2D eigenvalue weighted by Crippen LogP contribution is 2.31. The van der Waals surface area contributed by atoms with Crippen molar-refractivity contribution in [3.05, 3.63) is 34.9 Å². The predicted molar refractivity (Wildman–Crippen MR) is 85.6 cm³/mol. The summed E-state index contributed by atoms with van der Waals surface area (Å²) < 4.78 is 0. The first kappa shape index (κ1) is 16.2. The van der Waals surface area contributed by atoms with Gasteiger partial charge in [0.15, 0.2) is 0 Å². The first-order chi connectivity index (χ1) is 9.13. The van der Waals surface area contributed by atoms with Crippen molar-refractivity contribution in [1.82, 2.24) is 5.32 Å². The van der Waals surface area contributed by atoms with E-state index in [1.165, 1.54) is 42.4 Å². The van der Waals surface area contributed by atoms with Gasteiger partial charge in [0.1, 0.15) is 0 Å². The van der Waals surface area contributed by atoms with Crippen molar-refractivity contribution in [2.24, 2.45) is 5.92 Å². The van der Waals surface area contributed by atoms with Crippen LogP contribution in [0.3, 0.4) is 0 Å². The minimum absolute atomic E-state index is 0.515. The van der Waals surface area contributed by atoms with E-state index in [4.69, 9.17) is 0 Å². The molecule has 0 fully saturated rings. The van der Waals surface area contributed by atoms with Crippen molar-refractivity contribution >= 4 is 0 Å². The Bertz CT molecular complexity index is 370. The van der Waals surface area contributed by atoms with E-state index in [-0.39, 0.29) is 0 Å². The second-order valence-electron chi connectivity index (χ2n) is 5.71. The standard InChI is InChI=1S/C18H31N/c1-6-9-10-16(7-2)18(19-8-3)17-13-14(4)11-12-15(17)5/h11-13,16,18-19H,6-10H2,1-5H3. The fourth-order valence-electron chi connectivity index (χ4n) is 2.92. The molecule has 2 atom stereocenters. The predicted octanol–water partition coefficient (Wildman–Crippen LogP) is 5.17. The summed E-state index contributed by atoms with van der Waals surface area (Å²) in [5.41, 5.74) is 4.30. The second kappa shape index (κ2) is 8.37. The summed E-state index contributed by atoms with van der Waals surface area (Å²) in [5, 5.41) is 3.73. The topological polar surface area (TPSA) is 12.0 Å². The molecule has 0 saturated carbocycles. The van der Waals surface area contributed by atoms with Crippen LogP contribution in [0.25, 0.3) is 0 Å². The zero-order valence-electron chi connectivity index (χ0n) is 13.4. The van der Waals surface area contributed by atoms with E-state index >= 15 is 0 Å². The number of benzene rings is 1. The average molecular weight is 261 g/mol. The van der Waals surface area contributed by atoms with Crippen LogP contribution >= 0.6 is 0 Å². The van der Waals surface area contributed by atoms with Gasteiger partial charge in [0.25, 0.3) is 0 Å². The number of hydrogen-bond acceptors (Lipinski definition) is 1. The fourth-order valence-corrected chi connectivity index (χ4v) is 2.92. The van der Waals surface area contributed by atoms with Crippen LogP contribution in [0.5, 0.6) is 0 Å². The van der Waals surface area contributed by atoms with Gasteiger partial charge in [0, 0.05) is 6.04 Å². The summed E-state index contributed by atoms with van der Waals surface area (Å²) in [5.74, 6) is 0.750. The van der Waals surface area contributed by atoms with Crippen LogP contribution in [0, 0.1) is 19.8 Å². The summed E-state index contributed by atoms with van der Waals surface area (Å²) in [7, 11) is 0. The van der Waals surface area contributed by atoms with Gasteiger partial charge in [-0.25, -0.2) is 0 Å². The van der Waals surface area contributed by atoms with Crippen LogP contribution < -0.4 is 5.32 Å². The second-order valence-corrected chi connectivity index (χ2v) is 5.71. The molecule has 0 saturated heterocycles. The van der Waals surface area contributed by atoms with Crippen LogP contribution in [-0.2, 0) is 0 Å². The molecule has 0 aliphatic heterocycles. The molecule has 1 heteroatoms. The van der Waals surface area contributed by atoms with Crippen LogP contribution in [0.2, 0.25) is 0 Å². The fraction of sp³-hybridized carbons (Fsp3) is 0.667. The SMILES string of the molecule is CCCCC(CC)C(NCC)c1cc(C)ccc1C. The van der Waals surface area contributed by atoms with Crippen LogP contribution in [0.4, 0.5) is 0 Å². The maximum atomic E-state index is 3.73. The number of hydrogen-bond donors (Lipinski definition) is 1. The zero-order chi connectivity index (χ0) is 14.3. The van der Waals surface area contributed by atoms with Crippen molar-refractivity contribution in [3.63, 3.8) is 0 Å². The smallest absolute Gasteiger partial charge is 0.0351 e. The lowest BCUT2D eigenvalue weighted by molar-refractivity contribution is 0.327. The van der Waals surface area contributed by atoms with E-state index in [0.29, 0.717) is 6.04 Å². The summed E-state index contributed by atoms with van der Waals surface area (Å²) >= 11 is 0. The number of rotatable bonds is 8. The molecule has 0 bridgehead atoms. The highest BCUT2D eigenvalue weighted by atomic mass is 14.9. The van der Waals surface area contributed by atoms with Gasteiger partial charge >= 0.3 is 0 Å². The molecule has 0 amide bonds. The van der Waals surface area contributed by atoms with Crippen LogP contribution in [0.15, 0.2) is 18.2 Å². The molecule has 1 nitrogen and oxygen atoms in total. The van der Waals surface area contributed by atoms with E-state index < -0.39 is 0 Å². The molecule has 0 heterocycles. The molecule has 1 aromatic rings. The lowest BCUT2D eigenvalue weighted by Gasteiger charge is -2.29. The van der Waals surface area contributed by atoms with Crippen molar-refractivity contribution in [1.29, 1.82) is 0 Å². The minimum atomic E-state index is 0.515. The Balaban J connectivity index is 2.99. The highest BCUT2D eigenvalue weighted by Gasteiger charge is 2.21. The summed E-state index contributed by atoms with van der Waals surface area (Å²) in [6.07, 6.45) is 5.22. The molecule has 2 unspecified atom stereocenters. The third kappa shape index (κ3) is 4.65. The van der Waals surface area contributed by atoms with Crippen molar-refractivity contribution < 1.29 is 0 Å². The van der Waals surface area contributed by atoms with E-state index in [1.807, 2.05) is 0 Å². The highest BCUT2D eigenvalue weighted by molar-refractivity contribution is 5.33. The van der Waals surface area contributed by atoms with Crippen molar-refractivity contribution in [3.8, 4) is 0 Å². The average Bonchev–Trinajstić information content (AvgIpc) is 2.41.